The van der Waals surface area contributed by atoms with Crippen molar-refractivity contribution in [3.05, 3.63) is 36.8 Å². The van der Waals surface area contributed by atoms with Crippen molar-refractivity contribution in [3.63, 3.8) is 0 Å². The molecule has 23 heavy (non-hydrogen) atoms. The molecule has 0 saturated carbocycles. The Morgan fingerprint density at radius 1 is 1.04 bits per heavy atom. The fraction of sp³-hybridized carbons (Fsp3) is 0.357. The summed E-state index contributed by atoms with van der Waals surface area (Å²) < 4.78 is 24.5. The largest absolute Gasteiger partial charge is 0.354 e. The second kappa shape index (κ2) is 6.47. The minimum atomic E-state index is -3.11. The number of anilines is 3. The number of sulfonamides is 1. The van der Waals surface area contributed by atoms with Gasteiger partial charge in [0.25, 0.3) is 0 Å². The van der Waals surface area contributed by atoms with E-state index in [0.717, 1.165) is 11.5 Å². The molecule has 0 bridgehead atoms. The summed E-state index contributed by atoms with van der Waals surface area (Å²) in [6, 6.07) is 5.56. The molecule has 9 heteroatoms. The van der Waals surface area contributed by atoms with Gasteiger partial charge >= 0.3 is 0 Å². The molecule has 2 aromatic rings. The second-order valence-corrected chi connectivity index (χ2v) is 7.23. The molecule has 0 unspecified atom stereocenters. The Morgan fingerprint density at radius 3 is 2.30 bits per heavy atom. The minimum Gasteiger partial charge on any atom is -0.354 e. The van der Waals surface area contributed by atoms with Crippen molar-refractivity contribution in [2.75, 3.05) is 42.7 Å². The van der Waals surface area contributed by atoms with Crippen LogP contribution in [0.2, 0.25) is 0 Å². The molecule has 0 aliphatic carbocycles. The third-order valence-electron chi connectivity index (χ3n) is 3.60. The van der Waals surface area contributed by atoms with Crippen molar-refractivity contribution in [2.45, 2.75) is 0 Å². The van der Waals surface area contributed by atoms with Crippen molar-refractivity contribution in [1.82, 2.24) is 19.3 Å². The number of nitrogens with zero attached hydrogens (tertiary/aromatic N) is 5. The number of nitrogens with one attached hydrogen (secondary N) is 1. The number of hydrogen-bond acceptors (Lipinski definition) is 7. The van der Waals surface area contributed by atoms with E-state index < -0.39 is 10.0 Å². The Balaban J connectivity index is 1.62. The highest BCUT2D eigenvalue weighted by Gasteiger charge is 2.23. The number of rotatable bonds is 4. The van der Waals surface area contributed by atoms with E-state index in [1.165, 1.54) is 10.6 Å². The van der Waals surface area contributed by atoms with Crippen LogP contribution in [0.3, 0.4) is 0 Å². The van der Waals surface area contributed by atoms with Crippen LogP contribution in [0.1, 0.15) is 0 Å². The topological polar surface area (TPSA) is 91.3 Å². The van der Waals surface area contributed by atoms with Crippen LogP contribution in [0.5, 0.6) is 0 Å². The number of piperazine rings is 1. The normalized spacial score (nSPS) is 16.3. The quantitative estimate of drug-likeness (QED) is 0.880. The summed E-state index contributed by atoms with van der Waals surface area (Å²) in [5.41, 5.74) is 0.801. The van der Waals surface area contributed by atoms with Crippen molar-refractivity contribution in [2.24, 2.45) is 0 Å². The van der Waals surface area contributed by atoms with Gasteiger partial charge in [0.1, 0.15) is 5.82 Å². The Bertz CT molecular complexity index is 743. The lowest BCUT2D eigenvalue weighted by Crippen LogP contribution is -2.48. The van der Waals surface area contributed by atoms with Crippen LogP contribution >= 0.6 is 0 Å². The zero-order valence-electron chi connectivity index (χ0n) is 12.8. The Labute approximate surface area is 135 Å². The summed E-state index contributed by atoms with van der Waals surface area (Å²) in [5, 5.41) is 3.07. The molecule has 8 nitrogen and oxygen atoms in total. The van der Waals surface area contributed by atoms with Gasteiger partial charge in [-0.1, -0.05) is 0 Å². The SMILES string of the molecule is CS(=O)(=O)N1CCN(c2ccc(Nc3ncccn3)cn2)CC1. The van der Waals surface area contributed by atoms with E-state index in [0.29, 0.717) is 32.1 Å². The number of aromatic nitrogens is 3. The van der Waals surface area contributed by atoms with Crippen molar-refractivity contribution >= 4 is 27.5 Å². The molecule has 1 saturated heterocycles. The average Bonchev–Trinajstić information content (AvgIpc) is 2.56. The zero-order chi connectivity index (χ0) is 16.3. The summed E-state index contributed by atoms with van der Waals surface area (Å²) in [4.78, 5) is 14.7. The predicted octanol–water partition coefficient (Wildman–Crippen LogP) is 0.697. The first kappa shape index (κ1) is 15.6. The average molecular weight is 334 g/mol. The summed E-state index contributed by atoms with van der Waals surface area (Å²) in [6.07, 6.45) is 6.29. The van der Waals surface area contributed by atoms with Crippen LogP contribution in [0.15, 0.2) is 36.8 Å². The predicted molar refractivity (Wildman–Crippen MR) is 88.2 cm³/mol. The molecule has 1 aliphatic heterocycles. The molecule has 3 rings (SSSR count). The number of pyridine rings is 1. The molecule has 122 valence electrons. The van der Waals surface area contributed by atoms with E-state index in [1.54, 1.807) is 24.7 Å². The Kier molecular flexibility index (Phi) is 4.39. The maximum Gasteiger partial charge on any atom is 0.227 e. The van der Waals surface area contributed by atoms with Crippen LogP contribution in [-0.4, -0.2) is 60.1 Å². The molecule has 0 amide bonds. The summed E-state index contributed by atoms with van der Waals surface area (Å²) in [6.45, 7) is 2.24. The highest BCUT2D eigenvalue weighted by atomic mass is 32.2. The van der Waals surface area contributed by atoms with Crippen LogP contribution in [0, 0.1) is 0 Å². The maximum atomic E-state index is 11.5. The van der Waals surface area contributed by atoms with Crippen molar-refractivity contribution in [1.29, 1.82) is 0 Å². The first-order valence-corrected chi connectivity index (χ1v) is 9.07. The highest BCUT2D eigenvalue weighted by Crippen LogP contribution is 2.18. The highest BCUT2D eigenvalue weighted by molar-refractivity contribution is 7.88. The maximum absolute atomic E-state index is 11.5. The van der Waals surface area contributed by atoms with Gasteiger partial charge in [0.05, 0.1) is 18.1 Å². The van der Waals surface area contributed by atoms with E-state index in [4.69, 9.17) is 0 Å². The molecule has 0 radical (unpaired) electrons. The van der Waals surface area contributed by atoms with Gasteiger partial charge in [0.2, 0.25) is 16.0 Å². The molecule has 1 fully saturated rings. The molecule has 1 N–H and O–H groups in total. The standard InChI is InChI=1S/C14H18N6O2S/c1-23(21,22)20-9-7-19(8-10-20)13-4-3-12(11-17-13)18-14-15-5-2-6-16-14/h2-6,11H,7-10H2,1H3,(H,15,16,18). The molecule has 3 heterocycles. The summed E-state index contributed by atoms with van der Waals surface area (Å²) in [7, 11) is -3.11. The molecular formula is C14H18N6O2S. The van der Waals surface area contributed by atoms with Crippen molar-refractivity contribution < 1.29 is 8.42 Å². The lowest BCUT2D eigenvalue weighted by atomic mass is 10.3. The van der Waals surface area contributed by atoms with E-state index >= 15 is 0 Å². The molecule has 0 atom stereocenters. The molecule has 2 aromatic heterocycles. The van der Waals surface area contributed by atoms with Gasteiger partial charge in [-0.25, -0.2) is 23.4 Å². The molecule has 0 aromatic carbocycles. The van der Waals surface area contributed by atoms with E-state index in [2.05, 4.69) is 25.2 Å². The van der Waals surface area contributed by atoms with Crippen LogP contribution < -0.4 is 10.2 Å². The van der Waals surface area contributed by atoms with E-state index in [1.807, 2.05) is 12.1 Å². The van der Waals surface area contributed by atoms with Crippen LogP contribution in [0.25, 0.3) is 0 Å². The molecular weight excluding hydrogens is 316 g/mol. The summed E-state index contributed by atoms with van der Waals surface area (Å²) >= 11 is 0. The molecule has 0 spiro atoms. The van der Waals surface area contributed by atoms with Gasteiger partial charge in [-0.3, -0.25) is 0 Å². The van der Waals surface area contributed by atoms with Gasteiger partial charge in [-0.2, -0.15) is 4.31 Å². The van der Waals surface area contributed by atoms with E-state index in [-0.39, 0.29) is 0 Å². The van der Waals surface area contributed by atoms with Crippen molar-refractivity contribution in [3.8, 4) is 0 Å². The zero-order valence-corrected chi connectivity index (χ0v) is 13.6. The smallest absolute Gasteiger partial charge is 0.227 e. The molecule has 1 aliphatic rings. The Hall–Kier alpha value is -2.26. The van der Waals surface area contributed by atoms with Gasteiger partial charge < -0.3 is 10.2 Å². The van der Waals surface area contributed by atoms with Crippen LogP contribution in [0.4, 0.5) is 17.5 Å². The first-order valence-electron chi connectivity index (χ1n) is 7.22. The number of hydrogen-bond donors (Lipinski definition) is 1. The van der Waals surface area contributed by atoms with Gasteiger partial charge in [-0.05, 0) is 18.2 Å². The van der Waals surface area contributed by atoms with Gasteiger partial charge in [0.15, 0.2) is 0 Å². The summed E-state index contributed by atoms with van der Waals surface area (Å²) in [5.74, 6) is 1.35. The van der Waals surface area contributed by atoms with Gasteiger partial charge in [0, 0.05) is 38.6 Å². The Morgan fingerprint density at radius 2 is 1.74 bits per heavy atom. The van der Waals surface area contributed by atoms with E-state index in [9.17, 15) is 8.42 Å². The second-order valence-electron chi connectivity index (χ2n) is 5.25. The lowest BCUT2D eigenvalue weighted by molar-refractivity contribution is 0.387. The lowest BCUT2D eigenvalue weighted by Gasteiger charge is -2.33. The third kappa shape index (κ3) is 3.93. The minimum absolute atomic E-state index is 0.484. The fourth-order valence-corrected chi connectivity index (χ4v) is 3.22. The van der Waals surface area contributed by atoms with Gasteiger partial charge in [-0.15, -0.1) is 0 Å². The third-order valence-corrected chi connectivity index (χ3v) is 4.90. The first-order chi connectivity index (χ1) is 11.0. The van der Waals surface area contributed by atoms with Crippen LogP contribution in [-0.2, 0) is 10.0 Å². The fourth-order valence-electron chi connectivity index (χ4n) is 2.39. The monoisotopic (exact) mass is 334 g/mol.